The Bertz CT molecular complexity index is 923. The lowest BCUT2D eigenvalue weighted by molar-refractivity contribution is -0.150. The smallest absolute Gasteiger partial charge is 0.407 e. The van der Waals surface area contributed by atoms with Crippen molar-refractivity contribution >= 4 is 12.1 Å². The van der Waals surface area contributed by atoms with Gasteiger partial charge in [-0.05, 0) is 124 Å². The van der Waals surface area contributed by atoms with Crippen LogP contribution in [0.1, 0.15) is 239 Å². The third-order valence-corrected chi connectivity index (χ3v) is 11.5. The maximum atomic E-state index is 12.9. The van der Waals surface area contributed by atoms with Crippen LogP contribution in [0.3, 0.4) is 0 Å². The van der Waals surface area contributed by atoms with Crippen LogP contribution in [0.4, 0.5) is 4.79 Å². The van der Waals surface area contributed by atoms with Crippen LogP contribution >= 0.6 is 0 Å². The van der Waals surface area contributed by atoms with Gasteiger partial charge in [0.1, 0.15) is 6.10 Å². The molecule has 0 saturated carbocycles. The summed E-state index contributed by atoms with van der Waals surface area (Å²) in [5.41, 5.74) is 0. The Hall–Kier alpha value is -1.86. The monoisotopic (exact) mass is 832 g/mol. The minimum absolute atomic E-state index is 0.0240. The van der Waals surface area contributed by atoms with Crippen molar-refractivity contribution < 1.29 is 19.1 Å². The molecule has 0 saturated heterocycles. The largest absolute Gasteiger partial charge is 0.462 e. The molecule has 0 aromatic heterocycles. The molecule has 0 heterocycles. The molecule has 0 spiro atoms. The van der Waals surface area contributed by atoms with Gasteiger partial charge >= 0.3 is 12.1 Å². The van der Waals surface area contributed by atoms with Crippen molar-refractivity contribution in [3.8, 4) is 0 Å². The van der Waals surface area contributed by atoms with Crippen LogP contribution in [0.5, 0.6) is 0 Å². The highest BCUT2D eigenvalue weighted by molar-refractivity contribution is 5.69. The van der Waals surface area contributed by atoms with Crippen molar-refractivity contribution in [3.05, 3.63) is 24.3 Å². The van der Waals surface area contributed by atoms with Gasteiger partial charge in [0, 0.05) is 19.5 Å². The Balaban J connectivity index is 4.48. The van der Waals surface area contributed by atoms with E-state index in [1.54, 1.807) is 0 Å². The van der Waals surface area contributed by atoms with Gasteiger partial charge in [0.25, 0.3) is 0 Å². The van der Waals surface area contributed by atoms with Crippen molar-refractivity contribution in [1.82, 2.24) is 15.1 Å². The number of hydrogen-bond acceptors (Lipinski definition) is 6. The summed E-state index contributed by atoms with van der Waals surface area (Å²) in [7, 11) is 4.09. The number of hydrogen-bond donors (Lipinski definition) is 1. The summed E-state index contributed by atoms with van der Waals surface area (Å²) in [6.07, 6.45) is 49.9. The Labute approximate surface area is 368 Å². The van der Waals surface area contributed by atoms with Crippen LogP contribution in [-0.4, -0.2) is 81.4 Å². The van der Waals surface area contributed by atoms with Crippen molar-refractivity contribution in [2.45, 2.75) is 245 Å². The number of ether oxygens (including phenoxy) is 2. The van der Waals surface area contributed by atoms with E-state index in [9.17, 15) is 9.59 Å². The summed E-state index contributed by atoms with van der Waals surface area (Å²) in [5.74, 6) is 0.0240. The summed E-state index contributed by atoms with van der Waals surface area (Å²) in [4.78, 5) is 29.7. The Morgan fingerprint density at radius 2 is 0.966 bits per heavy atom. The molecule has 0 aromatic rings. The highest BCUT2D eigenvalue weighted by Gasteiger charge is 2.14. The second kappa shape index (κ2) is 47.2. The number of esters is 1. The van der Waals surface area contributed by atoms with Crippen molar-refractivity contribution in [3.63, 3.8) is 0 Å². The molecule has 0 unspecified atom stereocenters. The number of alkyl carbamates (subject to hydrolysis) is 1. The zero-order valence-corrected chi connectivity index (χ0v) is 40.2. The van der Waals surface area contributed by atoms with Gasteiger partial charge in [-0.15, -0.1) is 0 Å². The van der Waals surface area contributed by atoms with Crippen LogP contribution in [0, 0.1) is 0 Å². The fourth-order valence-corrected chi connectivity index (χ4v) is 7.70. The normalized spacial score (nSPS) is 11.9. The molecule has 0 bridgehead atoms. The lowest BCUT2D eigenvalue weighted by Crippen LogP contribution is -2.30. The van der Waals surface area contributed by atoms with Gasteiger partial charge in [-0.3, -0.25) is 4.79 Å². The minimum Gasteiger partial charge on any atom is -0.462 e. The average molecular weight is 832 g/mol. The molecule has 348 valence electrons. The first-order valence-electron chi connectivity index (χ1n) is 25.7. The van der Waals surface area contributed by atoms with E-state index < -0.39 is 0 Å². The molecular weight excluding hydrogens is 731 g/mol. The second-order valence-corrected chi connectivity index (χ2v) is 17.7. The average Bonchev–Trinajstić information content (AvgIpc) is 3.22. The molecule has 59 heavy (non-hydrogen) atoms. The second-order valence-electron chi connectivity index (χ2n) is 17.7. The van der Waals surface area contributed by atoms with Gasteiger partial charge in [0.2, 0.25) is 0 Å². The maximum Gasteiger partial charge on any atom is 0.407 e. The van der Waals surface area contributed by atoms with Gasteiger partial charge in [0.15, 0.2) is 0 Å². The number of carbonyl (C=O) groups is 2. The lowest BCUT2D eigenvalue weighted by Gasteiger charge is -2.22. The molecule has 0 aromatic carbocycles. The fraction of sp³-hybridized carbons (Fsp3) is 0.885. The zero-order valence-electron chi connectivity index (χ0n) is 40.2. The SMILES string of the molecule is CCCCC/C=C\C/C=C\CCCCCCCCN(CCCCCCCC(=O)OC(CCCCCCCC)CCCCCCCC)CCCOC(=O)NCCCN(C)C. The molecule has 7 nitrogen and oxygen atoms in total. The molecule has 0 atom stereocenters. The van der Waals surface area contributed by atoms with E-state index in [-0.39, 0.29) is 18.2 Å². The van der Waals surface area contributed by atoms with Gasteiger partial charge < -0.3 is 24.6 Å². The van der Waals surface area contributed by atoms with Crippen molar-refractivity contribution in [1.29, 1.82) is 0 Å². The molecule has 0 fully saturated rings. The summed E-state index contributed by atoms with van der Waals surface area (Å²) >= 11 is 0. The number of carbonyl (C=O) groups excluding carboxylic acids is 2. The first kappa shape index (κ1) is 57.1. The molecule has 0 aliphatic heterocycles. The van der Waals surface area contributed by atoms with Crippen molar-refractivity contribution in [2.24, 2.45) is 0 Å². The highest BCUT2D eigenvalue weighted by atomic mass is 16.5. The number of rotatable bonds is 46. The quantitative estimate of drug-likeness (QED) is 0.0374. The predicted octanol–water partition coefficient (Wildman–Crippen LogP) is 14.9. The van der Waals surface area contributed by atoms with Crippen molar-refractivity contribution in [2.75, 3.05) is 53.4 Å². The van der Waals surface area contributed by atoms with Gasteiger partial charge in [-0.2, -0.15) is 0 Å². The standard InChI is InChI=1S/C52H101N3O4/c1-6-9-12-15-18-19-20-21-22-23-24-25-26-27-32-37-46-55(48-40-49-58-52(57)53-44-39-45-54(4)5)47-38-33-28-31-36-43-51(56)59-50(41-34-29-16-13-10-7-2)42-35-30-17-14-11-8-3/h18-19,21-22,50H,6-17,20,23-49H2,1-5H3,(H,53,57)/b19-18-,22-21-. The van der Waals surface area contributed by atoms with E-state index in [4.69, 9.17) is 9.47 Å². The van der Waals surface area contributed by atoms with Crippen LogP contribution in [-0.2, 0) is 14.3 Å². The Morgan fingerprint density at radius 1 is 0.508 bits per heavy atom. The van der Waals surface area contributed by atoms with E-state index in [0.717, 1.165) is 71.1 Å². The summed E-state index contributed by atoms with van der Waals surface area (Å²) in [6.45, 7) is 12.1. The molecular formula is C52H101N3O4. The number of nitrogens with zero attached hydrogens (tertiary/aromatic N) is 2. The predicted molar refractivity (Wildman–Crippen MR) is 257 cm³/mol. The molecule has 0 aliphatic rings. The minimum atomic E-state index is -0.296. The van der Waals surface area contributed by atoms with E-state index in [0.29, 0.717) is 19.6 Å². The molecule has 0 aliphatic carbocycles. The molecule has 0 rings (SSSR count). The Morgan fingerprint density at radius 3 is 1.53 bits per heavy atom. The third-order valence-electron chi connectivity index (χ3n) is 11.5. The van der Waals surface area contributed by atoms with E-state index in [2.05, 4.69) is 60.2 Å². The molecule has 0 radical (unpaired) electrons. The third kappa shape index (κ3) is 45.5. The van der Waals surface area contributed by atoms with E-state index in [1.165, 1.54) is 167 Å². The molecule has 1 amide bonds. The van der Waals surface area contributed by atoms with Gasteiger partial charge in [-0.25, -0.2) is 4.79 Å². The first-order valence-corrected chi connectivity index (χ1v) is 25.7. The summed E-state index contributed by atoms with van der Waals surface area (Å²) in [6, 6.07) is 0. The van der Waals surface area contributed by atoms with Gasteiger partial charge in [0.05, 0.1) is 6.61 Å². The molecule has 1 N–H and O–H groups in total. The maximum absolute atomic E-state index is 12.9. The van der Waals surface area contributed by atoms with E-state index in [1.807, 2.05) is 14.1 Å². The van der Waals surface area contributed by atoms with E-state index >= 15 is 0 Å². The Kier molecular flexibility index (Phi) is 45.7. The number of allylic oxidation sites excluding steroid dienone is 4. The van der Waals surface area contributed by atoms with Crippen LogP contribution in [0.15, 0.2) is 24.3 Å². The lowest BCUT2D eigenvalue weighted by atomic mass is 10.0. The van der Waals surface area contributed by atoms with Crippen LogP contribution in [0.25, 0.3) is 0 Å². The zero-order chi connectivity index (χ0) is 43.1. The summed E-state index contributed by atoms with van der Waals surface area (Å²) < 4.78 is 11.6. The topological polar surface area (TPSA) is 71.1 Å². The van der Waals surface area contributed by atoms with Crippen LogP contribution < -0.4 is 5.32 Å². The summed E-state index contributed by atoms with van der Waals surface area (Å²) in [5, 5.41) is 2.88. The first-order chi connectivity index (χ1) is 28.9. The van der Waals surface area contributed by atoms with Crippen LogP contribution in [0.2, 0.25) is 0 Å². The molecule has 7 heteroatoms. The number of amides is 1. The van der Waals surface area contributed by atoms with Gasteiger partial charge in [-0.1, -0.05) is 167 Å². The number of nitrogens with one attached hydrogen (secondary N) is 1. The highest BCUT2D eigenvalue weighted by Crippen LogP contribution is 2.18. The number of unbranched alkanes of at least 4 members (excludes halogenated alkanes) is 23. The fourth-order valence-electron chi connectivity index (χ4n) is 7.70.